The Morgan fingerprint density at radius 1 is 1.44 bits per heavy atom. The van der Waals surface area contributed by atoms with E-state index >= 15 is 0 Å². The van der Waals surface area contributed by atoms with Gasteiger partial charge in [-0.2, -0.15) is 0 Å². The Kier molecular flexibility index (Phi) is 4.14. The Balaban J connectivity index is 1.95. The molecule has 1 N–H and O–H groups in total. The van der Waals surface area contributed by atoms with Crippen molar-refractivity contribution in [1.82, 2.24) is 5.32 Å². The van der Waals surface area contributed by atoms with E-state index in [0.717, 1.165) is 19.4 Å². The number of thiophene rings is 1. The average molecular weight is 267 g/mol. The van der Waals surface area contributed by atoms with Crippen LogP contribution < -0.4 is 5.32 Å². The molecule has 0 aromatic carbocycles. The van der Waals surface area contributed by atoms with E-state index in [1.54, 1.807) is 12.1 Å². The number of hydrogen-bond donors (Lipinski definition) is 1. The van der Waals surface area contributed by atoms with Crippen LogP contribution in [0.25, 0.3) is 0 Å². The summed E-state index contributed by atoms with van der Waals surface area (Å²) in [4.78, 5) is 24.3. The van der Waals surface area contributed by atoms with Crippen LogP contribution in [0.5, 0.6) is 0 Å². The van der Waals surface area contributed by atoms with Crippen molar-refractivity contribution in [3.8, 4) is 0 Å². The summed E-state index contributed by atoms with van der Waals surface area (Å²) < 4.78 is 5.53. The third kappa shape index (κ3) is 2.97. The topological polar surface area (TPSA) is 55.4 Å². The van der Waals surface area contributed by atoms with Crippen LogP contribution in [-0.4, -0.2) is 30.4 Å². The molecule has 0 radical (unpaired) electrons. The van der Waals surface area contributed by atoms with E-state index in [0.29, 0.717) is 9.75 Å². The molecule has 4 nitrogen and oxygen atoms in total. The smallest absolute Gasteiger partial charge is 0.261 e. The highest BCUT2D eigenvalue weighted by atomic mass is 32.1. The van der Waals surface area contributed by atoms with E-state index < -0.39 is 0 Å². The van der Waals surface area contributed by atoms with Crippen LogP contribution in [0.4, 0.5) is 0 Å². The van der Waals surface area contributed by atoms with Gasteiger partial charge in [0.05, 0.1) is 21.9 Å². The second-order valence-corrected chi connectivity index (χ2v) is 5.62. The maximum atomic E-state index is 12.0. The molecule has 2 rings (SSSR count). The van der Waals surface area contributed by atoms with Crippen molar-refractivity contribution >= 4 is 23.0 Å². The highest BCUT2D eigenvalue weighted by molar-refractivity contribution is 7.15. The molecule has 1 aliphatic heterocycles. The lowest BCUT2D eigenvalue weighted by Gasteiger charge is -2.19. The standard InChI is InChI=1S/C13H17NO3S/c1-8(10-4-3-7-17-10)14-13(16)12-6-5-11(18-12)9(2)15/h5-6,8,10H,3-4,7H2,1-2H3,(H,14,16). The zero-order valence-electron chi connectivity index (χ0n) is 10.6. The van der Waals surface area contributed by atoms with Crippen molar-refractivity contribution in [2.75, 3.05) is 6.61 Å². The predicted molar refractivity (Wildman–Crippen MR) is 70.2 cm³/mol. The van der Waals surface area contributed by atoms with E-state index in [-0.39, 0.29) is 23.8 Å². The molecule has 1 aromatic rings. The highest BCUT2D eigenvalue weighted by Gasteiger charge is 2.24. The van der Waals surface area contributed by atoms with E-state index in [9.17, 15) is 9.59 Å². The molecule has 2 atom stereocenters. The lowest BCUT2D eigenvalue weighted by molar-refractivity contribution is 0.0714. The predicted octanol–water partition coefficient (Wildman–Crippen LogP) is 2.25. The number of carbonyl (C=O) groups excluding carboxylic acids is 2. The third-order valence-electron chi connectivity index (χ3n) is 3.06. The van der Waals surface area contributed by atoms with Crippen molar-refractivity contribution in [3.63, 3.8) is 0 Å². The van der Waals surface area contributed by atoms with Gasteiger partial charge in [-0.1, -0.05) is 0 Å². The molecule has 0 aliphatic carbocycles. The van der Waals surface area contributed by atoms with Gasteiger partial charge in [0.25, 0.3) is 5.91 Å². The Morgan fingerprint density at radius 2 is 2.17 bits per heavy atom. The summed E-state index contributed by atoms with van der Waals surface area (Å²) in [5, 5.41) is 2.93. The molecule has 1 aliphatic rings. The fraction of sp³-hybridized carbons (Fsp3) is 0.538. The van der Waals surface area contributed by atoms with E-state index in [1.807, 2.05) is 6.92 Å². The molecule has 0 spiro atoms. The van der Waals surface area contributed by atoms with Gasteiger partial charge in [-0.25, -0.2) is 0 Å². The zero-order chi connectivity index (χ0) is 13.1. The molecule has 1 saturated heterocycles. The van der Waals surface area contributed by atoms with Crippen LogP contribution in [-0.2, 0) is 4.74 Å². The van der Waals surface area contributed by atoms with E-state index in [1.165, 1.54) is 18.3 Å². The molecule has 2 unspecified atom stereocenters. The lowest BCUT2D eigenvalue weighted by atomic mass is 10.1. The lowest BCUT2D eigenvalue weighted by Crippen LogP contribution is -2.40. The minimum Gasteiger partial charge on any atom is -0.376 e. The Morgan fingerprint density at radius 3 is 2.72 bits per heavy atom. The Labute approximate surface area is 110 Å². The van der Waals surface area contributed by atoms with Crippen molar-refractivity contribution in [1.29, 1.82) is 0 Å². The fourth-order valence-electron chi connectivity index (χ4n) is 2.02. The van der Waals surface area contributed by atoms with Crippen LogP contribution in [0.1, 0.15) is 46.0 Å². The van der Waals surface area contributed by atoms with E-state index in [2.05, 4.69) is 5.32 Å². The summed E-state index contributed by atoms with van der Waals surface area (Å²) in [5.41, 5.74) is 0. The molecule has 18 heavy (non-hydrogen) atoms. The molecule has 2 heterocycles. The number of nitrogens with one attached hydrogen (secondary N) is 1. The number of amides is 1. The first-order valence-electron chi connectivity index (χ1n) is 6.11. The third-order valence-corrected chi connectivity index (χ3v) is 4.24. The number of carbonyl (C=O) groups is 2. The monoisotopic (exact) mass is 267 g/mol. The van der Waals surface area contributed by atoms with Crippen LogP contribution in [0.15, 0.2) is 12.1 Å². The maximum Gasteiger partial charge on any atom is 0.261 e. The largest absolute Gasteiger partial charge is 0.376 e. The normalized spacial score (nSPS) is 20.7. The van der Waals surface area contributed by atoms with E-state index in [4.69, 9.17) is 4.74 Å². The van der Waals surface area contributed by atoms with Gasteiger partial charge in [0.2, 0.25) is 0 Å². The van der Waals surface area contributed by atoms with Crippen LogP contribution >= 0.6 is 11.3 Å². The van der Waals surface area contributed by atoms with Crippen molar-refractivity contribution in [3.05, 3.63) is 21.9 Å². The first kappa shape index (κ1) is 13.2. The first-order chi connectivity index (χ1) is 8.58. The van der Waals surface area contributed by atoms with Gasteiger partial charge in [-0.15, -0.1) is 11.3 Å². The average Bonchev–Trinajstić information content (AvgIpc) is 3.00. The first-order valence-corrected chi connectivity index (χ1v) is 6.93. The molecule has 98 valence electrons. The molecule has 0 saturated carbocycles. The van der Waals surface area contributed by atoms with Crippen LogP contribution in [0.3, 0.4) is 0 Å². The second-order valence-electron chi connectivity index (χ2n) is 4.53. The molecule has 1 aromatic heterocycles. The Hall–Kier alpha value is -1.20. The summed E-state index contributed by atoms with van der Waals surface area (Å²) in [6, 6.07) is 3.39. The molecule has 1 fully saturated rings. The Bertz CT molecular complexity index is 449. The van der Waals surface area contributed by atoms with Crippen LogP contribution in [0.2, 0.25) is 0 Å². The molecule has 5 heteroatoms. The summed E-state index contributed by atoms with van der Waals surface area (Å²) >= 11 is 1.23. The summed E-state index contributed by atoms with van der Waals surface area (Å²) in [7, 11) is 0. The zero-order valence-corrected chi connectivity index (χ0v) is 11.4. The van der Waals surface area contributed by atoms with Gasteiger partial charge in [-0.3, -0.25) is 9.59 Å². The van der Waals surface area contributed by atoms with Gasteiger partial charge >= 0.3 is 0 Å². The number of ketones is 1. The van der Waals surface area contributed by atoms with Gasteiger partial charge in [-0.05, 0) is 38.8 Å². The van der Waals surface area contributed by atoms with Crippen molar-refractivity contribution in [2.24, 2.45) is 0 Å². The summed E-state index contributed by atoms with van der Waals surface area (Å²) in [6.45, 7) is 4.23. The number of hydrogen-bond acceptors (Lipinski definition) is 4. The summed E-state index contributed by atoms with van der Waals surface area (Å²) in [6.07, 6.45) is 2.16. The number of Topliss-reactive ketones (excluding diaryl/α,β-unsaturated/α-hetero) is 1. The molecular formula is C13H17NO3S. The van der Waals surface area contributed by atoms with Gasteiger partial charge in [0.15, 0.2) is 5.78 Å². The minimum atomic E-state index is -0.129. The number of ether oxygens (including phenoxy) is 1. The van der Waals surface area contributed by atoms with Gasteiger partial charge < -0.3 is 10.1 Å². The van der Waals surface area contributed by atoms with Gasteiger partial charge in [0.1, 0.15) is 0 Å². The van der Waals surface area contributed by atoms with Crippen molar-refractivity contribution in [2.45, 2.75) is 38.8 Å². The minimum absolute atomic E-state index is 0.00266. The second kappa shape index (κ2) is 5.63. The van der Waals surface area contributed by atoms with Crippen molar-refractivity contribution < 1.29 is 14.3 Å². The quantitative estimate of drug-likeness (QED) is 0.851. The summed E-state index contributed by atoms with van der Waals surface area (Å²) in [5.74, 6) is -0.137. The molecular weight excluding hydrogens is 250 g/mol. The molecule has 1 amide bonds. The molecule has 0 bridgehead atoms. The highest BCUT2D eigenvalue weighted by Crippen LogP contribution is 2.19. The number of rotatable bonds is 4. The maximum absolute atomic E-state index is 12.0. The van der Waals surface area contributed by atoms with Gasteiger partial charge in [0, 0.05) is 6.61 Å². The fourth-order valence-corrected chi connectivity index (χ4v) is 2.82. The SMILES string of the molecule is CC(=O)c1ccc(C(=O)NC(C)C2CCCO2)s1. The van der Waals surface area contributed by atoms with Crippen LogP contribution in [0, 0.1) is 0 Å².